The van der Waals surface area contributed by atoms with Crippen LogP contribution in [0.3, 0.4) is 0 Å². The Balaban J connectivity index is 1.63. The van der Waals surface area contributed by atoms with E-state index in [1.54, 1.807) is 24.4 Å². The van der Waals surface area contributed by atoms with Crippen molar-refractivity contribution in [3.05, 3.63) is 81.4 Å². The topological polar surface area (TPSA) is 54.7 Å². The van der Waals surface area contributed by atoms with Gasteiger partial charge in [-0.15, -0.1) is 0 Å². The molecule has 0 saturated heterocycles. The Labute approximate surface area is 151 Å². The van der Waals surface area contributed by atoms with E-state index in [0.717, 1.165) is 24.3 Å². The average Bonchev–Trinajstić information content (AvgIpc) is 2.67. The van der Waals surface area contributed by atoms with Crippen LogP contribution in [-0.4, -0.2) is 26.7 Å². The van der Waals surface area contributed by atoms with Gasteiger partial charge in [-0.1, -0.05) is 6.07 Å². The van der Waals surface area contributed by atoms with Gasteiger partial charge in [0.1, 0.15) is 5.65 Å². The standard InChI is InChI=1S/C19H14F3N3O2/c20-19(21,22)13-6-4-12(5-7-13)17(26)24-10-8-15-14(11-24)18(27)25-9-2-1-3-16(25)23-15/h1-7,9H,8,10-11H2. The van der Waals surface area contributed by atoms with Crippen molar-refractivity contribution in [3.63, 3.8) is 0 Å². The van der Waals surface area contributed by atoms with E-state index < -0.39 is 17.6 Å². The Morgan fingerprint density at radius 2 is 1.81 bits per heavy atom. The SMILES string of the molecule is O=C(c1ccc(C(F)(F)F)cc1)N1CCc2nc3ccccn3c(=O)c2C1. The van der Waals surface area contributed by atoms with Gasteiger partial charge < -0.3 is 4.90 Å². The highest BCUT2D eigenvalue weighted by molar-refractivity contribution is 5.94. The Morgan fingerprint density at radius 1 is 1.07 bits per heavy atom. The van der Waals surface area contributed by atoms with Gasteiger partial charge in [0, 0.05) is 24.7 Å². The summed E-state index contributed by atoms with van der Waals surface area (Å²) in [5.74, 6) is -0.410. The molecule has 3 aromatic rings. The summed E-state index contributed by atoms with van der Waals surface area (Å²) in [6, 6.07) is 9.33. The molecule has 0 bridgehead atoms. The number of alkyl halides is 3. The zero-order valence-corrected chi connectivity index (χ0v) is 14.0. The van der Waals surface area contributed by atoms with Crippen LogP contribution < -0.4 is 5.56 Å². The maximum Gasteiger partial charge on any atom is 0.416 e. The number of hydrogen-bond donors (Lipinski definition) is 0. The number of benzene rings is 1. The molecule has 0 aliphatic carbocycles. The summed E-state index contributed by atoms with van der Waals surface area (Å²) in [5.41, 5.74) is 0.745. The van der Waals surface area contributed by atoms with Gasteiger partial charge >= 0.3 is 6.18 Å². The first-order valence-electron chi connectivity index (χ1n) is 8.30. The fourth-order valence-corrected chi connectivity index (χ4v) is 3.21. The van der Waals surface area contributed by atoms with Crippen molar-refractivity contribution in [1.29, 1.82) is 0 Å². The minimum absolute atomic E-state index is 0.0822. The van der Waals surface area contributed by atoms with Crippen LogP contribution in [0.25, 0.3) is 5.65 Å². The zero-order valence-electron chi connectivity index (χ0n) is 14.0. The normalized spacial score (nSPS) is 14.3. The predicted octanol–water partition coefficient (Wildman–Crippen LogP) is 2.91. The van der Waals surface area contributed by atoms with Gasteiger partial charge in [0.15, 0.2) is 0 Å². The van der Waals surface area contributed by atoms with Gasteiger partial charge in [0.2, 0.25) is 0 Å². The highest BCUT2D eigenvalue weighted by Crippen LogP contribution is 2.29. The van der Waals surface area contributed by atoms with E-state index in [9.17, 15) is 22.8 Å². The van der Waals surface area contributed by atoms with Crippen LogP contribution >= 0.6 is 0 Å². The average molecular weight is 373 g/mol. The van der Waals surface area contributed by atoms with Crippen molar-refractivity contribution in [2.24, 2.45) is 0 Å². The molecule has 0 fully saturated rings. The van der Waals surface area contributed by atoms with Crippen LogP contribution in [0.1, 0.15) is 27.2 Å². The number of amides is 1. The number of aromatic nitrogens is 2. The van der Waals surface area contributed by atoms with Crippen LogP contribution in [0, 0.1) is 0 Å². The molecular weight excluding hydrogens is 359 g/mol. The lowest BCUT2D eigenvalue weighted by Crippen LogP contribution is -2.40. The van der Waals surface area contributed by atoms with Crippen LogP contribution in [0.4, 0.5) is 13.2 Å². The maximum atomic E-state index is 12.7. The molecule has 4 rings (SSSR count). The smallest absolute Gasteiger partial charge is 0.334 e. The first kappa shape index (κ1) is 17.3. The van der Waals surface area contributed by atoms with Gasteiger partial charge in [0.25, 0.3) is 11.5 Å². The summed E-state index contributed by atoms with van der Waals surface area (Å²) in [4.78, 5) is 31.3. The summed E-state index contributed by atoms with van der Waals surface area (Å²) in [6.45, 7) is 0.432. The van der Waals surface area contributed by atoms with Crippen molar-refractivity contribution in [2.45, 2.75) is 19.1 Å². The van der Waals surface area contributed by atoms with Gasteiger partial charge in [-0.05, 0) is 36.4 Å². The molecule has 1 amide bonds. The summed E-state index contributed by atoms with van der Waals surface area (Å²) in [6.07, 6.45) is -2.42. The molecule has 1 aliphatic rings. The lowest BCUT2D eigenvalue weighted by atomic mass is 10.0. The molecule has 5 nitrogen and oxygen atoms in total. The number of fused-ring (bicyclic) bond motifs is 2. The van der Waals surface area contributed by atoms with E-state index in [0.29, 0.717) is 29.9 Å². The van der Waals surface area contributed by atoms with Gasteiger partial charge in [-0.3, -0.25) is 14.0 Å². The molecule has 138 valence electrons. The summed E-state index contributed by atoms with van der Waals surface area (Å²) < 4.78 is 39.4. The van der Waals surface area contributed by atoms with Crippen LogP contribution in [0.5, 0.6) is 0 Å². The quantitative estimate of drug-likeness (QED) is 0.659. The molecule has 8 heteroatoms. The Morgan fingerprint density at radius 3 is 2.52 bits per heavy atom. The lowest BCUT2D eigenvalue weighted by molar-refractivity contribution is -0.137. The molecule has 0 saturated carbocycles. The Hall–Kier alpha value is -3.16. The number of rotatable bonds is 1. The molecule has 0 spiro atoms. The second-order valence-electron chi connectivity index (χ2n) is 6.32. The fourth-order valence-electron chi connectivity index (χ4n) is 3.21. The Bertz CT molecular complexity index is 1090. The first-order chi connectivity index (χ1) is 12.8. The van der Waals surface area contributed by atoms with Gasteiger partial charge in [-0.2, -0.15) is 13.2 Å². The van der Waals surface area contributed by atoms with Crippen molar-refractivity contribution in [1.82, 2.24) is 14.3 Å². The van der Waals surface area contributed by atoms with Crippen molar-refractivity contribution >= 4 is 11.6 Å². The summed E-state index contributed by atoms with van der Waals surface area (Å²) >= 11 is 0. The Kier molecular flexibility index (Phi) is 3.98. The number of carbonyl (C=O) groups is 1. The zero-order chi connectivity index (χ0) is 19.2. The molecule has 1 aliphatic heterocycles. The third-order valence-electron chi connectivity index (χ3n) is 4.63. The van der Waals surface area contributed by atoms with Crippen molar-refractivity contribution < 1.29 is 18.0 Å². The molecule has 0 N–H and O–H groups in total. The van der Waals surface area contributed by atoms with Crippen LogP contribution in [0.2, 0.25) is 0 Å². The maximum absolute atomic E-state index is 12.7. The number of hydrogen-bond acceptors (Lipinski definition) is 3. The monoisotopic (exact) mass is 373 g/mol. The van der Waals surface area contributed by atoms with E-state index in [-0.39, 0.29) is 17.7 Å². The molecular formula is C19H14F3N3O2. The number of carbonyl (C=O) groups excluding carboxylic acids is 1. The number of halogens is 3. The second-order valence-corrected chi connectivity index (χ2v) is 6.32. The van der Waals surface area contributed by atoms with Crippen LogP contribution in [-0.2, 0) is 19.1 Å². The third kappa shape index (κ3) is 3.07. The number of nitrogens with zero attached hydrogens (tertiary/aromatic N) is 3. The lowest BCUT2D eigenvalue weighted by Gasteiger charge is -2.28. The molecule has 0 atom stereocenters. The third-order valence-corrected chi connectivity index (χ3v) is 4.63. The minimum atomic E-state index is -4.45. The van der Waals surface area contributed by atoms with Crippen LogP contribution in [0.15, 0.2) is 53.5 Å². The molecule has 0 unspecified atom stereocenters. The van der Waals surface area contributed by atoms with Gasteiger partial charge in [-0.25, -0.2) is 4.98 Å². The predicted molar refractivity (Wildman–Crippen MR) is 91.4 cm³/mol. The second kappa shape index (κ2) is 6.22. The molecule has 1 aromatic carbocycles. The molecule has 0 radical (unpaired) electrons. The first-order valence-corrected chi connectivity index (χ1v) is 8.30. The van der Waals surface area contributed by atoms with E-state index in [1.807, 2.05) is 0 Å². The van der Waals surface area contributed by atoms with E-state index in [4.69, 9.17) is 0 Å². The highest BCUT2D eigenvalue weighted by Gasteiger charge is 2.31. The van der Waals surface area contributed by atoms with E-state index in [2.05, 4.69) is 4.98 Å². The minimum Gasteiger partial charge on any atom is -0.334 e. The van der Waals surface area contributed by atoms with E-state index >= 15 is 0 Å². The molecule has 27 heavy (non-hydrogen) atoms. The summed E-state index contributed by atoms with van der Waals surface area (Å²) in [5, 5.41) is 0. The van der Waals surface area contributed by atoms with Gasteiger partial charge in [0.05, 0.1) is 23.4 Å². The van der Waals surface area contributed by atoms with Crippen molar-refractivity contribution in [2.75, 3.05) is 6.54 Å². The van der Waals surface area contributed by atoms with E-state index in [1.165, 1.54) is 9.30 Å². The van der Waals surface area contributed by atoms with Crippen molar-refractivity contribution in [3.8, 4) is 0 Å². The number of pyridine rings is 1. The molecule has 2 aromatic heterocycles. The summed E-state index contributed by atoms with van der Waals surface area (Å²) in [7, 11) is 0. The fraction of sp³-hybridized carbons (Fsp3) is 0.211. The molecule has 3 heterocycles. The highest BCUT2D eigenvalue weighted by atomic mass is 19.4. The largest absolute Gasteiger partial charge is 0.416 e.